The van der Waals surface area contributed by atoms with Gasteiger partial charge in [0.25, 0.3) is 0 Å². The van der Waals surface area contributed by atoms with E-state index in [1.807, 2.05) is 0 Å². The maximum absolute atomic E-state index is 12.2. The summed E-state index contributed by atoms with van der Waals surface area (Å²) < 4.78 is 0. The van der Waals surface area contributed by atoms with Gasteiger partial charge >= 0.3 is 12.0 Å². The molecular weight excluding hydrogens is 303 g/mol. The standard InChI is InChI=1S/C13H16Cl2N2O3/c1-4-17(13(2,3)11(18)19)12(20)16-10-6-5-8(14)7-9(10)15/h5-7H,4H2,1-3H3,(H,16,20)(H,18,19). The van der Waals surface area contributed by atoms with Crippen LogP contribution in [0.3, 0.4) is 0 Å². The predicted octanol–water partition coefficient (Wildman–Crippen LogP) is 3.71. The minimum Gasteiger partial charge on any atom is -0.480 e. The SMILES string of the molecule is CCN(C(=O)Nc1ccc(Cl)cc1Cl)C(C)(C)C(=O)O. The number of aliphatic carboxylic acids is 1. The van der Waals surface area contributed by atoms with E-state index in [9.17, 15) is 14.7 Å². The van der Waals surface area contributed by atoms with E-state index in [2.05, 4.69) is 5.32 Å². The Labute approximate surface area is 127 Å². The van der Waals surface area contributed by atoms with Crippen LogP contribution in [0.1, 0.15) is 20.8 Å². The molecule has 0 atom stereocenters. The molecule has 2 N–H and O–H groups in total. The van der Waals surface area contributed by atoms with Gasteiger partial charge in [-0.2, -0.15) is 0 Å². The number of carbonyl (C=O) groups is 2. The number of hydrogen-bond acceptors (Lipinski definition) is 2. The third kappa shape index (κ3) is 3.55. The zero-order valence-corrected chi connectivity index (χ0v) is 12.9. The van der Waals surface area contributed by atoms with Crippen molar-refractivity contribution in [2.75, 3.05) is 11.9 Å². The summed E-state index contributed by atoms with van der Waals surface area (Å²) >= 11 is 11.7. The summed E-state index contributed by atoms with van der Waals surface area (Å²) in [5.74, 6) is -1.09. The number of amides is 2. The number of benzene rings is 1. The number of nitrogens with zero attached hydrogens (tertiary/aromatic N) is 1. The topological polar surface area (TPSA) is 69.6 Å². The van der Waals surface area contributed by atoms with Crippen LogP contribution in [0.5, 0.6) is 0 Å². The lowest BCUT2D eigenvalue weighted by Crippen LogP contribution is -2.54. The normalized spacial score (nSPS) is 11.1. The molecule has 0 aromatic heterocycles. The first kappa shape index (κ1) is 16.6. The molecule has 0 aliphatic carbocycles. The van der Waals surface area contributed by atoms with Gasteiger partial charge in [0.15, 0.2) is 0 Å². The van der Waals surface area contributed by atoms with Crippen LogP contribution in [0.15, 0.2) is 18.2 Å². The van der Waals surface area contributed by atoms with E-state index in [-0.39, 0.29) is 11.6 Å². The van der Waals surface area contributed by atoms with Crippen LogP contribution in [0.2, 0.25) is 10.0 Å². The Hall–Kier alpha value is -1.46. The predicted molar refractivity (Wildman–Crippen MR) is 79.6 cm³/mol. The fourth-order valence-corrected chi connectivity index (χ4v) is 2.14. The van der Waals surface area contributed by atoms with Crippen molar-refractivity contribution in [3.63, 3.8) is 0 Å². The van der Waals surface area contributed by atoms with Crippen molar-refractivity contribution in [2.45, 2.75) is 26.3 Å². The van der Waals surface area contributed by atoms with Crippen LogP contribution in [0, 0.1) is 0 Å². The molecule has 7 heteroatoms. The van der Waals surface area contributed by atoms with E-state index in [0.717, 1.165) is 0 Å². The van der Waals surface area contributed by atoms with Crippen LogP contribution < -0.4 is 5.32 Å². The van der Waals surface area contributed by atoms with Gasteiger partial charge in [-0.05, 0) is 39.0 Å². The van der Waals surface area contributed by atoms with Crippen molar-refractivity contribution >= 4 is 40.9 Å². The number of carbonyl (C=O) groups excluding carboxylic acids is 1. The Balaban J connectivity index is 2.96. The molecule has 20 heavy (non-hydrogen) atoms. The number of carboxylic acids is 1. The monoisotopic (exact) mass is 318 g/mol. The average Bonchev–Trinajstić information content (AvgIpc) is 2.33. The van der Waals surface area contributed by atoms with Gasteiger partial charge in [0.05, 0.1) is 10.7 Å². The minimum atomic E-state index is -1.32. The Bertz CT molecular complexity index is 532. The first-order valence-corrected chi connectivity index (χ1v) is 6.72. The summed E-state index contributed by atoms with van der Waals surface area (Å²) in [6.07, 6.45) is 0. The van der Waals surface area contributed by atoms with Crippen LogP contribution in [0.4, 0.5) is 10.5 Å². The van der Waals surface area contributed by atoms with Crippen molar-refractivity contribution in [1.29, 1.82) is 0 Å². The highest BCUT2D eigenvalue weighted by Gasteiger charge is 2.37. The van der Waals surface area contributed by atoms with Crippen molar-refractivity contribution in [3.8, 4) is 0 Å². The highest BCUT2D eigenvalue weighted by Crippen LogP contribution is 2.26. The second kappa shape index (κ2) is 6.33. The number of rotatable bonds is 4. The Morgan fingerprint density at radius 1 is 1.35 bits per heavy atom. The molecule has 110 valence electrons. The van der Waals surface area contributed by atoms with Gasteiger partial charge in [-0.15, -0.1) is 0 Å². The highest BCUT2D eigenvalue weighted by atomic mass is 35.5. The zero-order chi connectivity index (χ0) is 15.5. The number of urea groups is 1. The molecule has 0 saturated carbocycles. The van der Waals surface area contributed by atoms with Crippen molar-refractivity contribution < 1.29 is 14.7 Å². The Kier molecular flexibility index (Phi) is 5.25. The van der Waals surface area contributed by atoms with E-state index < -0.39 is 17.5 Å². The van der Waals surface area contributed by atoms with Crippen molar-refractivity contribution in [2.24, 2.45) is 0 Å². The third-order valence-electron chi connectivity index (χ3n) is 2.93. The molecule has 0 bridgehead atoms. The van der Waals surface area contributed by atoms with Gasteiger partial charge in [-0.3, -0.25) is 0 Å². The number of nitrogens with one attached hydrogen (secondary N) is 1. The highest BCUT2D eigenvalue weighted by molar-refractivity contribution is 6.36. The molecule has 5 nitrogen and oxygen atoms in total. The molecular formula is C13H16Cl2N2O3. The molecule has 1 aromatic rings. The fraction of sp³-hybridized carbons (Fsp3) is 0.385. The second-order valence-corrected chi connectivity index (χ2v) is 5.51. The van der Waals surface area contributed by atoms with Gasteiger partial charge < -0.3 is 15.3 Å². The van der Waals surface area contributed by atoms with E-state index in [4.69, 9.17) is 23.2 Å². The molecule has 2 amide bonds. The number of anilines is 1. The molecule has 0 aliphatic heterocycles. The summed E-state index contributed by atoms with van der Waals surface area (Å²) in [5, 5.41) is 12.5. The summed E-state index contributed by atoms with van der Waals surface area (Å²) in [6.45, 7) is 4.87. The van der Waals surface area contributed by atoms with E-state index in [0.29, 0.717) is 10.7 Å². The number of halogens is 2. The van der Waals surface area contributed by atoms with Gasteiger partial charge in [0.2, 0.25) is 0 Å². The molecule has 1 rings (SSSR count). The minimum absolute atomic E-state index is 0.246. The number of likely N-dealkylation sites (N-methyl/N-ethyl adjacent to an activating group) is 1. The number of hydrogen-bond donors (Lipinski definition) is 2. The lowest BCUT2D eigenvalue weighted by molar-refractivity contribution is -0.147. The average molecular weight is 319 g/mol. The summed E-state index contributed by atoms with van der Waals surface area (Å²) in [4.78, 5) is 24.6. The summed E-state index contributed by atoms with van der Waals surface area (Å²) in [6, 6.07) is 4.10. The molecule has 0 radical (unpaired) electrons. The lowest BCUT2D eigenvalue weighted by Gasteiger charge is -2.34. The van der Waals surface area contributed by atoms with Crippen LogP contribution in [-0.4, -0.2) is 34.1 Å². The summed E-state index contributed by atoms with van der Waals surface area (Å²) in [7, 11) is 0. The van der Waals surface area contributed by atoms with Crippen LogP contribution in [-0.2, 0) is 4.79 Å². The molecule has 1 aromatic carbocycles. The number of carboxylic acid groups (broad SMARTS) is 1. The van der Waals surface area contributed by atoms with Crippen molar-refractivity contribution in [3.05, 3.63) is 28.2 Å². The maximum atomic E-state index is 12.2. The third-order valence-corrected chi connectivity index (χ3v) is 3.48. The largest absolute Gasteiger partial charge is 0.480 e. The van der Waals surface area contributed by atoms with E-state index in [1.165, 1.54) is 24.8 Å². The Morgan fingerprint density at radius 2 is 1.95 bits per heavy atom. The van der Waals surface area contributed by atoms with Crippen LogP contribution >= 0.6 is 23.2 Å². The van der Waals surface area contributed by atoms with Gasteiger partial charge in [-0.1, -0.05) is 23.2 Å². The van der Waals surface area contributed by atoms with E-state index >= 15 is 0 Å². The second-order valence-electron chi connectivity index (χ2n) is 4.66. The smallest absolute Gasteiger partial charge is 0.329 e. The molecule has 0 saturated heterocycles. The van der Waals surface area contributed by atoms with Gasteiger partial charge in [0.1, 0.15) is 5.54 Å². The van der Waals surface area contributed by atoms with Gasteiger partial charge in [0, 0.05) is 11.6 Å². The molecule has 0 aliphatic rings. The molecule has 0 spiro atoms. The fourth-order valence-electron chi connectivity index (χ4n) is 1.68. The van der Waals surface area contributed by atoms with Crippen molar-refractivity contribution in [1.82, 2.24) is 4.90 Å². The maximum Gasteiger partial charge on any atom is 0.329 e. The van der Waals surface area contributed by atoms with E-state index in [1.54, 1.807) is 19.1 Å². The van der Waals surface area contributed by atoms with Gasteiger partial charge in [-0.25, -0.2) is 9.59 Å². The Morgan fingerprint density at radius 3 is 2.40 bits per heavy atom. The lowest BCUT2D eigenvalue weighted by atomic mass is 10.0. The molecule has 0 fully saturated rings. The molecule has 0 heterocycles. The van der Waals surface area contributed by atoms with Crippen LogP contribution in [0.25, 0.3) is 0 Å². The molecule has 0 unspecified atom stereocenters. The quantitative estimate of drug-likeness (QED) is 0.889. The first-order valence-electron chi connectivity index (χ1n) is 5.97. The first-order chi connectivity index (χ1) is 9.20. The zero-order valence-electron chi connectivity index (χ0n) is 11.4. The summed E-state index contributed by atoms with van der Waals surface area (Å²) in [5.41, 5.74) is -0.946.